The molecule has 1 aromatic rings. The first-order valence-electron chi connectivity index (χ1n) is 10.0. The van der Waals surface area contributed by atoms with Crippen LogP contribution in [0, 0.1) is 33.8 Å². The number of amides is 2. The van der Waals surface area contributed by atoms with Gasteiger partial charge in [-0.1, -0.05) is 12.2 Å². The van der Waals surface area contributed by atoms with E-state index in [1.807, 2.05) is 12.2 Å². The van der Waals surface area contributed by atoms with Crippen molar-refractivity contribution in [3.8, 4) is 11.5 Å². The Kier molecular flexibility index (Phi) is 5.05. The molecule has 0 radical (unpaired) electrons. The molecule has 0 N–H and O–H groups in total. The van der Waals surface area contributed by atoms with E-state index < -0.39 is 4.92 Å². The lowest BCUT2D eigenvalue weighted by Crippen LogP contribution is -2.28. The van der Waals surface area contributed by atoms with E-state index in [4.69, 9.17) is 9.47 Å². The molecule has 2 bridgehead atoms. The second-order valence-corrected chi connectivity index (χ2v) is 7.96. The summed E-state index contributed by atoms with van der Waals surface area (Å²) in [5.74, 6) is -0.876. The van der Waals surface area contributed by atoms with Gasteiger partial charge in [0.05, 0.1) is 35.7 Å². The number of allylic oxidation sites excluding steroid dienone is 2. The normalized spacial score (nSPS) is 26.9. The first-order valence-corrected chi connectivity index (χ1v) is 10.0. The molecule has 4 atom stereocenters. The Balaban J connectivity index is 1.64. The van der Waals surface area contributed by atoms with Gasteiger partial charge in [-0.05, 0) is 45.1 Å². The first-order chi connectivity index (χ1) is 14.3. The minimum absolute atomic E-state index is 0.0412. The molecule has 4 unspecified atom stereocenters. The smallest absolute Gasteiger partial charge is 0.315 e. The lowest BCUT2D eigenvalue weighted by molar-refractivity contribution is -0.386. The zero-order chi connectivity index (χ0) is 21.6. The fourth-order valence-corrected chi connectivity index (χ4v) is 4.56. The maximum Gasteiger partial charge on any atom is 0.315 e. The average molecular weight is 413 g/mol. The summed E-state index contributed by atoms with van der Waals surface area (Å²) in [6.45, 7) is 5.57. The third kappa shape index (κ3) is 3.24. The van der Waals surface area contributed by atoms with Crippen molar-refractivity contribution >= 4 is 23.7 Å². The Morgan fingerprint density at radius 2 is 1.87 bits per heavy atom. The summed E-state index contributed by atoms with van der Waals surface area (Å²) < 4.78 is 11.1. The highest BCUT2D eigenvalue weighted by Crippen LogP contribution is 2.52. The summed E-state index contributed by atoms with van der Waals surface area (Å²) in [5.41, 5.74) is 0.0642. The summed E-state index contributed by atoms with van der Waals surface area (Å²) in [4.78, 5) is 36.5. The number of hydrogen-bond acceptors (Lipinski definition) is 7. The molecule has 1 aliphatic heterocycles. The van der Waals surface area contributed by atoms with Crippen molar-refractivity contribution in [2.45, 2.75) is 33.3 Å². The van der Waals surface area contributed by atoms with E-state index in [2.05, 4.69) is 5.10 Å². The van der Waals surface area contributed by atoms with Gasteiger partial charge < -0.3 is 9.47 Å². The van der Waals surface area contributed by atoms with Crippen molar-refractivity contribution in [3.05, 3.63) is 40.0 Å². The zero-order valence-electron chi connectivity index (χ0n) is 17.0. The van der Waals surface area contributed by atoms with Crippen LogP contribution in [-0.4, -0.2) is 40.7 Å². The summed E-state index contributed by atoms with van der Waals surface area (Å²) >= 11 is 0. The van der Waals surface area contributed by atoms with E-state index in [0.29, 0.717) is 5.56 Å². The van der Waals surface area contributed by atoms with E-state index in [0.717, 1.165) is 11.4 Å². The van der Waals surface area contributed by atoms with Gasteiger partial charge in [0.25, 0.3) is 11.8 Å². The van der Waals surface area contributed by atoms with Gasteiger partial charge in [0, 0.05) is 11.6 Å². The number of ether oxygens (including phenoxy) is 2. The minimum atomic E-state index is -0.558. The standard InChI is InChI=1S/C21H23N3O6/c1-4-29-16-8-12(7-15(24(27)28)19(16)30-11(2)3)10-22-23-20(25)17-13-5-6-14(9-13)18(17)21(23)26/h5-8,10-11,13-14,17-18H,4,9H2,1-3H3. The van der Waals surface area contributed by atoms with Gasteiger partial charge >= 0.3 is 5.69 Å². The van der Waals surface area contributed by atoms with Crippen LogP contribution in [0.15, 0.2) is 29.4 Å². The first kappa shape index (κ1) is 20.1. The largest absolute Gasteiger partial charge is 0.490 e. The highest BCUT2D eigenvalue weighted by molar-refractivity contribution is 6.06. The fourth-order valence-electron chi connectivity index (χ4n) is 4.56. The van der Waals surface area contributed by atoms with Gasteiger partial charge in [-0.25, -0.2) is 0 Å². The Hall–Kier alpha value is -3.23. The van der Waals surface area contributed by atoms with Crippen LogP contribution in [0.2, 0.25) is 0 Å². The van der Waals surface area contributed by atoms with Gasteiger partial charge in [0.1, 0.15) is 0 Å². The number of nitrogens with zero attached hydrogens (tertiary/aromatic N) is 3. The number of hydrogen-bond donors (Lipinski definition) is 0. The Morgan fingerprint density at radius 1 is 1.23 bits per heavy atom. The third-order valence-corrected chi connectivity index (χ3v) is 5.68. The molecule has 30 heavy (non-hydrogen) atoms. The fraction of sp³-hybridized carbons (Fsp3) is 0.476. The molecular weight excluding hydrogens is 390 g/mol. The van der Waals surface area contributed by atoms with E-state index in [1.54, 1.807) is 26.8 Å². The summed E-state index contributed by atoms with van der Waals surface area (Å²) in [5, 5.41) is 16.6. The van der Waals surface area contributed by atoms with E-state index in [-0.39, 0.29) is 65.4 Å². The van der Waals surface area contributed by atoms with Crippen molar-refractivity contribution in [3.63, 3.8) is 0 Å². The van der Waals surface area contributed by atoms with Crippen LogP contribution in [0.5, 0.6) is 11.5 Å². The molecule has 9 nitrogen and oxygen atoms in total. The van der Waals surface area contributed by atoms with E-state index in [1.165, 1.54) is 12.3 Å². The van der Waals surface area contributed by atoms with Gasteiger partial charge in [-0.3, -0.25) is 19.7 Å². The lowest BCUT2D eigenvalue weighted by atomic mass is 9.85. The average Bonchev–Trinajstić information content (AvgIpc) is 3.36. The van der Waals surface area contributed by atoms with Crippen LogP contribution < -0.4 is 9.47 Å². The summed E-state index contributed by atoms with van der Waals surface area (Å²) in [7, 11) is 0. The summed E-state index contributed by atoms with van der Waals surface area (Å²) in [6.07, 6.45) is 5.85. The number of rotatable bonds is 7. The summed E-state index contributed by atoms with van der Waals surface area (Å²) in [6, 6.07) is 2.84. The molecule has 4 rings (SSSR count). The Labute approximate surface area is 173 Å². The number of fused-ring (bicyclic) bond motifs is 5. The van der Waals surface area contributed by atoms with Crippen molar-refractivity contribution in [1.82, 2.24) is 5.01 Å². The third-order valence-electron chi connectivity index (χ3n) is 5.68. The van der Waals surface area contributed by atoms with Crippen molar-refractivity contribution in [2.24, 2.45) is 28.8 Å². The SMILES string of the molecule is CCOc1cc(C=NN2C(=O)C3C4C=CC(C4)C3C2=O)cc([N+](=O)[O-])c1OC(C)C. The number of imide groups is 1. The number of carbonyl (C=O) groups excluding carboxylic acids is 2. The molecule has 0 aromatic heterocycles. The zero-order valence-corrected chi connectivity index (χ0v) is 17.0. The van der Waals surface area contributed by atoms with Crippen molar-refractivity contribution in [1.29, 1.82) is 0 Å². The molecule has 3 aliphatic rings. The lowest BCUT2D eigenvalue weighted by Gasteiger charge is -2.15. The number of hydrazone groups is 1. The monoisotopic (exact) mass is 413 g/mol. The van der Waals surface area contributed by atoms with Crippen molar-refractivity contribution in [2.75, 3.05) is 6.61 Å². The van der Waals surface area contributed by atoms with Gasteiger partial charge in [-0.2, -0.15) is 10.1 Å². The second kappa shape index (κ2) is 7.55. The number of nitro groups is 1. The molecule has 158 valence electrons. The Morgan fingerprint density at radius 3 is 2.40 bits per heavy atom. The number of carbonyl (C=O) groups is 2. The highest BCUT2D eigenvalue weighted by atomic mass is 16.6. The van der Waals surface area contributed by atoms with Crippen molar-refractivity contribution < 1.29 is 24.0 Å². The van der Waals surface area contributed by atoms with Crippen LogP contribution >= 0.6 is 0 Å². The molecule has 0 spiro atoms. The molecule has 1 saturated heterocycles. The molecule has 2 fully saturated rings. The molecular formula is C21H23N3O6. The minimum Gasteiger partial charge on any atom is -0.490 e. The second-order valence-electron chi connectivity index (χ2n) is 7.96. The quantitative estimate of drug-likeness (QED) is 0.223. The highest BCUT2D eigenvalue weighted by Gasteiger charge is 2.59. The molecule has 1 heterocycles. The molecule has 1 saturated carbocycles. The Bertz CT molecular complexity index is 940. The van der Waals surface area contributed by atoms with E-state index in [9.17, 15) is 19.7 Å². The molecule has 2 amide bonds. The topological polar surface area (TPSA) is 111 Å². The number of nitro benzene ring substituents is 1. The van der Waals surface area contributed by atoms with Gasteiger partial charge in [-0.15, -0.1) is 0 Å². The maximum atomic E-state index is 12.7. The van der Waals surface area contributed by atoms with Crippen LogP contribution in [0.3, 0.4) is 0 Å². The predicted molar refractivity (Wildman–Crippen MR) is 107 cm³/mol. The molecule has 2 aliphatic carbocycles. The van der Waals surface area contributed by atoms with Gasteiger partial charge in [0.2, 0.25) is 5.75 Å². The molecule has 9 heteroatoms. The predicted octanol–water partition coefficient (Wildman–Crippen LogP) is 2.92. The number of benzene rings is 1. The van der Waals surface area contributed by atoms with Crippen LogP contribution in [0.1, 0.15) is 32.8 Å². The maximum absolute atomic E-state index is 12.7. The van der Waals surface area contributed by atoms with Gasteiger partial charge in [0.15, 0.2) is 5.75 Å². The van der Waals surface area contributed by atoms with Crippen LogP contribution in [0.4, 0.5) is 5.69 Å². The molecule has 1 aromatic carbocycles. The van der Waals surface area contributed by atoms with E-state index >= 15 is 0 Å². The van der Waals surface area contributed by atoms with Crippen LogP contribution in [-0.2, 0) is 9.59 Å². The van der Waals surface area contributed by atoms with Crippen LogP contribution in [0.25, 0.3) is 0 Å².